The third kappa shape index (κ3) is 4.16. The minimum atomic E-state index is -0.0610. The van der Waals surface area contributed by atoms with Gasteiger partial charge >= 0.3 is 0 Å². The summed E-state index contributed by atoms with van der Waals surface area (Å²) >= 11 is 4.90. The van der Waals surface area contributed by atoms with Crippen LogP contribution in [0.3, 0.4) is 0 Å². The van der Waals surface area contributed by atoms with Crippen molar-refractivity contribution in [1.82, 2.24) is 14.8 Å². The first kappa shape index (κ1) is 18.7. The molecule has 0 saturated carbocycles. The molecule has 1 N–H and O–H groups in total. The number of aromatic nitrogens is 3. The highest BCUT2D eigenvalue weighted by atomic mass is 79.9. The summed E-state index contributed by atoms with van der Waals surface area (Å²) in [7, 11) is 1.90. The van der Waals surface area contributed by atoms with Crippen molar-refractivity contribution in [2.75, 3.05) is 11.1 Å². The van der Waals surface area contributed by atoms with Gasteiger partial charge in [0.25, 0.3) is 0 Å². The minimum Gasteiger partial charge on any atom is -0.325 e. The van der Waals surface area contributed by atoms with E-state index < -0.39 is 0 Å². The van der Waals surface area contributed by atoms with Crippen LogP contribution < -0.4 is 5.32 Å². The molecule has 3 aromatic rings. The van der Waals surface area contributed by atoms with Crippen LogP contribution in [0.5, 0.6) is 0 Å². The molecule has 134 valence electrons. The molecule has 0 fully saturated rings. The first-order chi connectivity index (χ1) is 12.5. The standard InChI is InChI=1S/C19H19BrN4OS/c1-12-8-9-13(2)16(10-12)21-17(25)11-26-19-23-22-18(24(19)3)14-6-4-5-7-15(14)20/h4-10H,11H2,1-3H3,(H,21,25). The first-order valence-electron chi connectivity index (χ1n) is 8.10. The van der Waals surface area contributed by atoms with E-state index in [9.17, 15) is 4.79 Å². The normalized spacial score (nSPS) is 10.8. The van der Waals surface area contributed by atoms with Crippen LogP contribution in [0.25, 0.3) is 11.4 Å². The van der Waals surface area contributed by atoms with Gasteiger partial charge in [-0.1, -0.05) is 58.0 Å². The van der Waals surface area contributed by atoms with Gasteiger partial charge in [-0.05, 0) is 37.1 Å². The second-order valence-corrected chi connectivity index (χ2v) is 7.80. The fourth-order valence-corrected chi connectivity index (χ4v) is 3.68. The van der Waals surface area contributed by atoms with E-state index in [0.717, 1.165) is 32.7 Å². The number of halogens is 1. The van der Waals surface area contributed by atoms with Crippen LogP contribution in [-0.4, -0.2) is 26.4 Å². The zero-order chi connectivity index (χ0) is 18.7. The third-order valence-electron chi connectivity index (χ3n) is 3.95. The Bertz CT molecular complexity index is 954. The van der Waals surface area contributed by atoms with E-state index >= 15 is 0 Å². The Labute approximate surface area is 165 Å². The lowest BCUT2D eigenvalue weighted by molar-refractivity contribution is -0.113. The van der Waals surface area contributed by atoms with Crippen LogP contribution in [0.4, 0.5) is 5.69 Å². The molecule has 0 saturated heterocycles. The molecule has 1 aromatic heterocycles. The molecule has 0 spiro atoms. The summed E-state index contributed by atoms with van der Waals surface area (Å²) in [6.07, 6.45) is 0. The van der Waals surface area contributed by atoms with E-state index in [2.05, 4.69) is 31.4 Å². The number of benzene rings is 2. The molecule has 0 aliphatic carbocycles. The number of rotatable bonds is 5. The molecule has 0 aliphatic heterocycles. The number of thioether (sulfide) groups is 1. The lowest BCUT2D eigenvalue weighted by Crippen LogP contribution is -2.15. The maximum Gasteiger partial charge on any atom is 0.234 e. The number of anilines is 1. The summed E-state index contributed by atoms with van der Waals surface area (Å²) in [5.74, 6) is 0.971. The summed E-state index contributed by atoms with van der Waals surface area (Å²) in [5.41, 5.74) is 3.98. The van der Waals surface area contributed by atoms with Gasteiger partial charge in [-0.25, -0.2) is 0 Å². The van der Waals surface area contributed by atoms with Crippen LogP contribution in [0.15, 0.2) is 52.1 Å². The number of aryl methyl sites for hydroxylation is 2. The molecular weight excluding hydrogens is 412 g/mol. The van der Waals surface area contributed by atoms with Gasteiger partial charge in [0.05, 0.1) is 5.75 Å². The molecule has 26 heavy (non-hydrogen) atoms. The van der Waals surface area contributed by atoms with E-state index in [0.29, 0.717) is 5.16 Å². The van der Waals surface area contributed by atoms with Gasteiger partial charge < -0.3 is 9.88 Å². The highest BCUT2D eigenvalue weighted by Gasteiger charge is 2.15. The summed E-state index contributed by atoms with van der Waals surface area (Å²) in [6.45, 7) is 3.99. The summed E-state index contributed by atoms with van der Waals surface area (Å²) in [4.78, 5) is 12.3. The fourth-order valence-electron chi connectivity index (χ4n) is 2.50. The summed E-state index contributed by atoms with van der Waals surface area (Å²) in [6, 6.07) is 13.9. The van der Waals surface area contributed by atoms with Gasteiger partial charge in [0.15, 0.2) is 11.0 Å². The van der Waals surface area contributed by atoms with Crippen molar-refractivity contribution in [2.24, 2.45) is 7.05 Å². The predicted octanol–water partition coefficient (Wildman–Crippen LogP) is 4.59. The topological polar surface area (TPSA) is 59.8 Å². The molecule has 0 atom stereocenters. The van der Waals surface area contributed by atoms with Crippen LogP contribution in [0.1, 0.15) is 11.1 Å². The van der Waals surface area contributed by atoms with E-state index in [1.54, 1.807) is 0 Å². The van der Waals surface area contributed by atoms with Crippen molar-refractivity contribution in [3.05, 3.63) is 58.1 Å². The van der Waals surface area contributed by atoms with Crippen molar-refractivity contribution in [3.8, 4) is 11.4 Å². The SMILES string of the molecule is Cc1ccc(C)c(NC(=O)CSc2nnc(-c3ccccc3Br)n2C)c1. The third-order valence-corrected chi connectivity index (χ3v) is 5.66. The predicted molar refractivity (Wildman–Crippen MR) is 109 cm³/mol. The zero-order valence-electron chi connectivity index (χ0n) is 14.8. The van der Waals surface area contributed by atoms with Gasteiger partial charge in [0, 0.05) is 22.8 Å². The largest absolute Gasteiger partial charge is 0.325 e. The van der Waals surface area contributed by atoms with Crippen molar-refractivity contribution in [3.63, 3.8) is 0 Å². The lowest BCUT2D eigenvalue weighted by Gasteiger charge is -2.09. The molecule has 7 heteroatoms. The Hall–Kier alpha value is -2.12. The fraction of sp³-hybridized carbons (Fsp3) is 0.211. The number of hydrogen-bond acceptors (Lipinski definition) is 4. The van der Waals surface area contributed by atoms with Gasteiger partial charge in [0.2, 0.25) is 5.91 Å². The Kier molecular flexibility index (Phi) is 5.78. The second kappa shape index (κ2) is 8.05. The zero-order valence-corrected chi connectivity index (χ0v) is 17.2. The summed E-state index contributed by atoms with van der Waals surface area (Å²) < 4.78 is 2.86. The molecule has 3 rings (SSSR count). The van der Waals surface area contributed by atoms with Crippen LogP contribution in [0, 0.1) is 13.8 Å². The van der Waals surface area contributed by atoms with Crippen molar-refractivity contribution in [2.45, 2.75) is 19.0 Å². The van der Waals surface area contributed by atoms with Gasteiger partial charge in [-0.2, -0.15) is 0 Å². The number of nitrogens with one attached hydrogen (secondary N) is 1. The number of hydrogen-bond donors (Lipinski definition) is 1. The number of amides is 1. The highest BCUT2D eigenvalue weighted by Crippen LogP contribution is 2.28. The highest BCUT2D eigenvalue weighted by molar-refractivity contribution is 9.10. The van der Waals surface area contributed by atoms with Gasteiger partial charge in [-0.3, -0.25) is 4.79 Å². The van der Waals surface area contributed by atoms with Crippen LogP contribution in [-0.2, 0) is 11.8 Å². The molecular formula is C19H19BrN4OS. The second-order valence-electron chi connectivity index (χ2n) is 6.00. The molecule has 0 bridgehead atoms. The Morgan fingerprint density at radius 3 is 2.73 bits per heavy atom. The molecule has 5 nitrogen and oxygen atoms in total. The van der Waals surface area contributed by atoms with E-state index in [-0.39, 0.29) is 11.7 Å². The van der Waals surface area contributed by atoms with E-state index in [1.807, 2.05) is 67.9 Å². The summed E-state index contributed by atoms with van der Waals surface area (Å²) in [5, 5.41) is 12.1. The molecule has 1 heterocycles. The average molecular weight is 431 g/mol. The molecule has 0 aliphatic rings. The van der Waals surface area contributed by atoms with Crippen LogP contribution in [0.2, 0.25) is 0 Å². The minimum absolute atomic E-state index is 0.0610. The quantitative estimate of drug-likeness (QED) is 0.601. The van der Waals surface area contributed by atoms with Crippen molar-refractivity contribution < 1.29 is 4.79 Å². The maximum atomic E-state index is 12.3. The maximum absolute atomic E-state index is 12.3. The monoisotopic (exact) mass is 430 g/mol. The Balaban J connectivity index is 1.68. The molecule has 2 aromatic carbocycles. The molecule has 0 radical (unpaired) electrons. The number of carbonyl (C=O) groups is 1. The number of nitrogens with zero attached hydrogens (tertiary/aromatic N) is 3. The number of carbonyl (C=O) groups excluding carboxylic acids is 1. The van der Waals surface area contributed by atoms with Crippen molar-refractivity contribution in [1.29, 1.82) is 0 Å². The average Bonchev–Trinajstić information content (AvgIpc) is 2.97. The Morgan fingerprint density at radius 1 is 1.19 bits per heavy atom. The van der Waals surface area contributed by atoms with Gasteiger partial charge in [-0.15, -0.1) is 10.2 Å². The molecule has 0 unspecified atom stereocenters. The molecule has 1 amide bonds. The van der Waals surface area contributed by atoms with E-state index in [1.165, 1.54) is 11.8 Å². The van der Waals surface area contributed by atoms with Crippen molar-refractivity contribution >= 4 is 39.3 Å². The first-order valence-corrected chi connectivity index (χ1v) is 9.88. The van der Waals surface area contributed by atoms with Gasteiger partial charge in [0.1, 0.15) is 0 Å². The van der Waals surface area contributed by atoms with Crippen LogP contribution >= 0.6 is 27.7 Å². The Morgan fingerprint density at radius 2 is 1.96 bits per heavy atom. The smallest absolute Gasteiger partial charge is 0.234 e. The van der Waals surface area contributed by atoms with E-state index in [4.69, 9.17) is 0 Å². The lowest BCUT2D eigenvalue weighted by atomic mass is 10.1.